The molecular formula is C13H22N4O. The van der Waals surface area contributed by atoms with Crippen LogP contribution in [0.25, 0.3) is 0 Å². The molecule has 0 radical (unpaired) electrons. The first-order valence-electron chi connectivity index (χ1n) is 7.14. The topological polar surface area (TPSA) is 54.2 Å². The fourth-order valence-corrected chi connectivity index (χ4v) is 3.19. The van der Waals surface area contributed by atoms with Crippen LogP contribution in [-0.2, 0) is 12.8 Å². The van der Waals surface area contributed by atoms with Crippen LogP contribution < -0.4 is 0 Å². The van der Waals surface area contributed by atoms with Crippen molar-refractivity contribution in [3.8, 4) is 0 Å². The van der Waals surface area contributed by atoms with Crippen molar-refractivity contribution in [2.75, 3.05) is 26.2 Å². The van der Waals surface area contributed by atoms with E-state index in [1.165, 1.54) is 25.9 Å². The highest BCUT2D eigenvalue weighted by Gasteiger charge is 2.24. The van der Waals surface area contributed by atoms with Crippen molar-refractivity contribution in [2.45, 2.75) is 44.6 Å². The van der Waals surface area contributed by atoms with Crippen LogP contribution in [-0.4, -0.2) is 51.0 Å². The minimum Gasteiger partial charge on any atom is -0.394 e. The monoisotopic (exact) mass is 250 g/mol. The summed E-state index contributed by atoms with van der Waals surface area (Å²) in [6.45, 7) is 3.74. The Morgan fingerprint density at radius 2 is 2.00 bits per heavy atom. The van der Waals surface area contributed by atoms with E-state index in [4.69, 9.17) is 0 Å². The quantitative estimate of drug-likeness (QED) is 0.858. The third kappa shape index (κ3) is 2.29. The zero-order valence-electron chi connectivity index (χ0n) is 10.9. The lowest BCUT2D eigenvalue weighted by atomic mass is 10.0. The van der Waals surface area contributed by atoms with Crippen LogP contribution in [0.4, 0.5) is 0 Å². The molecule has 0 saturated carbocycles. The van der Waals surface area contributed by atoms with Gasteiger partial charge in [0.2, 0.25) is 0 Å². The zero-order chi connectivity index (χ0) is 12.4. The number of hydrogen-bond acceptors (Lipinski definition) is 4. The highest BCUT2D eigenvalue weighted by molar-refractivity contribution is 5.03. The molecule has 1 aromatic heterocycles. The van der Waals surface area contributed by atoms with Gasteiger partial charge in [-0.1, -0.05) is 0 Å². The number of aryl methyl sites for hydroxylation is 1. The smallest absolute Gasteiger partial charge is 0.134 e. The van der Waals surface area contributed by atoms with Gasteiger partial charge in [-0.25, -0.2) is 0 Å². The van der Waals surface area contributed by atoms with Gasteiger partial charge in [0.1, 0.15) is 11.6 Å². The van der Waals surface area contributed by atoms with Crippen molar-refractivity contribution in [1.29, 1.82) is 0 Å². The highest BCUT2D eigenvalue weighted by atomic mass is 16.3. The molecule has 2 aliphatic heterocycles. The van der Waals surface area contributed by atoms with Gasteiger partial charge >= 0.3 is 0 Å². The second-order valence-electron chi connectivity index (χ2n) is 5.43. The second-order valence-corrected chi connectivity index (χ2v) is 5.43. The van der Waals surface area contributed by atoms with Crippen LogP contribution in [0.2, 0.25) is 0 Å². The summed E-state index contributed by atoms with van der Waals surface area (Å²) in [6.07, 6.45) is 6.80. The minimum absolute atomic E-state index is 0.206. The molecule has 1 aromatic rings. The molecule has 5 heteroatoms. The first-order valence-corrected chi connectivity index (χ1v) is 7.14. The van der Waals surface area contributed by atoms with Crippen LogP contribution in [0.3, 0.4) is 0 Å². The van der Waals surface area contributed by atoms with E-state index in [2.05, 4.69) is 19.7 Å². The third-order valence-electron chi connectivity index (χ3n) is 4.20. The maximum Gasteiger partial charge on any atom is 0.134 e. The lowest BCUT2D eigenvalue weighted by Gasteiger charge is -2.24. The first kappa shape index (κ1) is 12.1. The summed E-state index contributed by atoms with van der Waals surface area (Å²) in [5.41, 5.74) is 0. The van der Waals surface area contributed by atoms with Crippen LogP contribution in [0, 0.1) is 0 Å². The minimum atomic E-state index is 0.206. The van der Waals surface area contributed by atoms with Gasteiger partial charge in [-0.2, -0.15) is 0 Å². The van der Waals surface area contributed by atoms with Crippen LogP contribution in [0.1, 0.15) is 43.4 Å². The van der Waals surface area contributed by atoms with Crippen molar-refractivity contribution >= 4 is 0 Å². The van der Waals surface area contributed by atoms with Crippen molar-refractivity contribution < 1.29 is 5.11 Å². The molecule has 3 heterocycles. The Bertz CT molecular complexity index is 398. The number of rotatable bonds is 4. The Labute approximate surface area is 108 Å². The molecule has 5 nitrogen and oxygen atoms in total. The molecule has 0 aromatic carbocycles. The first-order chi connectivity index (χ1) is 8.88. The molecule has 0 bridgehead atoms. The summed E-state index contributed by atoms with van der Waals surface area (Å²) >= 11 is 0. The molecule has 0 amide bonds. The number of aromatic nitrogens is 3. The Kier molecular flexibility index (Phi) is 3.61. The van der Waals surface area contributed by atoms with Gasteiger partial charge in [0.25, 0.3) is 0 Å². The number of aliphatic hydroxyl groups is 1. The van der Waals surface area contributed by atoms with Gasteiger partial charge in [0.15, 0.2) is 0 Å². The maximum atomic E-state index is 9.47. The molecule has 2 aliphatic rings. The third-order valence-corrected chi connectivity index (χ3v) is 4.20. The van der Waals surface area contributed by atoms with E-state index < -0.39 is 0 Å². The number of aliphatic hydroxyl groups excluding tert-OH is 1. The van der Waals surface area contributed by atoms with Crippen molar-refractivity contribution in [2.24, 2.45) is 0 Å². The summed E-state index contributed by atoms with van der Waals surface area (Å²) in [7, 11) is 0. The number of nitrogens with zero attached hydrogens (tertiary/aromatic N) is 4. The number of likely N-dealkylation sites (tertiary alicyclic amines) is 1. The van der Waals surface area contributed by atoms with Crippen molar-refractivity contribution in [3.05, 3.63) is 11.6 Å². The molecular weight excluding hydrogens is 228 g/mol. The van der Waals surface area contributed by atoms with Gasteiger partial charge in [-0.05, 0) is 38.8 Å². The zero-order valence-corrected chi connectivity index (χ0v) is 10.9. The molecule has 0 aliphatic carbocycles. The summed E-state index contributed by atoms with van der Waals surface area (Å²) in [6, 6.07) is 0.206. The largest absolute Gasteiger partial charge is 0.394 e. The van der Waals surface area contributed by atoms with E-state index in [9.17, 15) is 5.11 Å². The predicted octanol–water partition coefficient (Wildman–Crippen LogP) is 0.786. The lowest BCUT2D eigenvalue weighted by molar-refractivity contribution is 0.202. The fourth-order valence-electron chi connectivity index (χ4n) is 3.19. The Morgan fingerprint density at radius 1 is 1.17 bits per heavy atom. The maximum absolute atomic E-state index is 9.47. The van der Waals surface area contributed by atoms with Crippen molar-refractivity contribution in [1.82, 2.24) is 19.7 Å². The SMILES string of the molecule is OCC1CCCc2nnc(CCN3CCCC3)n21. The van der Waals surface area contributed by atoms with Crippen LogP contribution >= 0.6 is 0 Å². The fraction of sp³-hybridized carbons (Fsp3) is 0.846. The molecule has 1 unspecified atom stereocenters. The van der Waals surface area contributed by atoms with E-state index in [1.54, 1.807) is 0 Å². The average Bonchev–Trinajstić information content (AvgIpc) is 3.05. The highest BCUT2D eigenvalue weighted by Crippen LogP contribution is 2.25. The summed E-state index contributed by atoms with van der Waals surface area (Å²) in [5, 5.41) is 18.1. The lowest BCUT2D eigenvalue weighted by Crippen LogP contribution is -2.26. The molecule has 1 N–H and O–H groups in total. The van der Waals surface area contributed by atoms with Gasteiger partial charge < -0.3 is 14.6 Å². The summed E-state index contributed by atoms with van der Waals surface area (Å²) < 4.78 is 2.19. The van der Waals surface area contributed by atoms with E-state index in [-0.39, 0.29) is 12.6 Å². The molecule has 1 atom stereocenters. The molecule has 1 fully saturated rings. The molecule has 1 saturated heterocycles. The average molecular weight is 250 g/mol. The van der Waals surface area contributed by atoms with Gasteiger partial charge in [0.05, 0.1) is 12.6 Å². The Balaban J connectivity index is 1.70. The Hall–Kier alpha value is -0.940. The van der Waals surface area contributed by atoms with E-state index in [0.29, 0.717) is 0 Å². The van der Waals surface area contributed by atoms with E-state index >= 15 is 0 Å². The van der Waals surface area contributed by atoms with Gasteiger partial charge in [0, 0.05) is 19.4 Å². The molecule has 18 heavy (non-hydrogen) atoms. The second kappa shape index (κ2) is 5.36. The molecule has 0 spiro atoms. The predicted molar refractivity (Wildman–Crippen MR) is 68.5 cm³/mol. The summed E-state index contributed by atoms with van der Waals surface area (Å²) in [4.78, 5) is 2.50. The van der Waals surface area contributed by atoms with E-state index in [0.717, 1.165) is 43.9 Å². The van der Waals surface area contributed by atoms with Gasteiger partial charge in [-0.3, -0.25) is 0 Å². The molecule has 100 valence electrons. The van der Waals surface area contributed by atoms with Crippen LogP contribution in [0.15, 0.2) is 0 Å². The Morgan fingerprint density at radius 3 is 2.78 bits per heavy atom. The summed E-state index contributed by atoms with van der Waals surface area (Å²) in [5.74, 6) is 2.13. The molecule has 3 rings (SSSR count). The van der Waals surface area contributed by atoms with Gasteiger partial charge in [-0.15, -0.1) is 10.2 Å². The van der Waals surface area contributed by atoms with Crippen LogP contribution in [0.5, 0.6) is 0 Å². The van der Waals surface area contributed by atoms with Crippen molar-refractivity contribution in [3.63, 3.8) is 0 Å². The normalized spacial score (nSPS) is 24.4. The number of fused-ring (bicyclic) bond motifs is 1. The standard InChI is InChI=1S/C13H22N4O/c18-10-11-4-3-5-12-14-15-13(17(11)12)6-9-16-7-1-2-8-16/h11,18H,1-10H2. The van der Waals surface area contributed by atoms with E-state index in [1.807, 2.05) is 0 Å². The number of hydrogen-bond donors (Lipinski definition) is 1.